The molecule has 0 aromatic heterocycles. The van der Waals surface area contributed by atoms with Crippen molar-refractivity contribution in [3.63, 3.8) is 0 Å². The van der Waals surface area contributed by atoms with E-state index in [1.54, 1.807) is 0 Å². The monoisotopic (exact) mass is 278 g/mol. The molecule has 0 aromatic rings. The zero-order chi connectivity index (χ0) is 8.08. The van der Waals surface area contributed by atoms with Gasteiger partial charge in [0.15, 0.2) is 0 Å². The second-order valence-corrected chi connectivity index (χ2v) is 2.64. The molecule has 0 spiro atoms. The molecular weight excluding hydrogens is 264 g/mol. The molecule has 0 amide bonds. The van der Waals surface area contributed by atoms with Gasteiger partial charge in [0, 0.05) is 0 Å². The Hall–Kier alpha value is -0.712. The van der Waals surface area contributed by atoms with Crippen molar-refractivity contribution in [3.8, 4) is 0 Å². The molecular formula is H12MoN4O7. The normalized spacial score (nSPS) is 6.83. The standard InChI is InChI=1S/Mo.NO3.3H3N.4O/c;2-1(3)4;;;;;;;/h;;3*1H3;;;;/q;-1;;;;;;2*-1/p+3. The molecule has 0 saturated heterocycles. The van der Waals surface area contributed by atoms with Gasteiger partial charge >= 0.3 is 31.1 Å². The van der Waals surface area contributed by atoms with E-state index in [4.69, 9.17) is 29.6 Å². The SMILES string of the molecule is O=[N+]([O-])[O-].[NH4+].[NH4+].[NH4+].[O]=[Mo](=[O])([O-])[O-]. The van der Waals surface area contributed by atoms with Crippen molar-refractivity contribution in [2.75, 3.05) is 0 Å². The van der Waals surface area contributed by atoms with E-state index >= 15 is 0 Å². The van der Waals surface area contributed by atoms with Crippen LogP contribution in [0.15, 0.2) is 0 Å². The summed E-state index contributed by atoms with van der Waals surface area (Å²) in [6.45, 7) is 0. The molecule has 0 bridgehead atoms. The van der Waals surface area contributed by atoms with Crippen molar-refractivity contribution >= 4 is 0 Å². The molecule has 12 heavy (non-hydrogen) atoms. The molecule has 0 radical (unpaired) electrons. The first-order chi connectivity index (χ1) is 3.73. The van der Waals surface area contributed by atoms with Gasteiger partial charge in [0.05, 0.1) is 5.09 Å². The number of quaternary nitrogens is 3. The van der Waals surface area contributed by atoms with E-state index in [-0.39, 0.29) is 18.5 Å². The van der Waals surface area contributed by atoms with E-state index in [1.165, 1.54) is 0 Å². The first kappa shape index (κ1) is 30.2. The second-order valence-electron chi connectivity index (χ2n) is 0.632. The Morgan fingerprint density at radius 3 is 0.917 bits per heavy atom. The minimum atomic E-state index is -6.02. The summed E-state index contributed by atoms with van der Waals surface area (Å²) in [4.78, 5) is 8.25. The molecule has 0 atom stereocenters. The number of hydrogen-bond donors (Lipinski definition) is 3. The summed E-state index contributed by atoms with van der Waals surface area (Å²) < 4.78 is 34.5. The van der Waals surface area contributed by atoms with Crippen LogP contribution in [0.1, 0.15) is 0 Å². The van der Waals surface area contributed by atoms with Gasteiger partial charge in [0.1, 0.15) is 0 Å². The van der Waals surface area contributed by atoms with Gasteiger partial charge in [-0.25, -0.2) is 0 Å². The number of rotatable bonds is 0. The Morgan fingerprint density at radius 2 is 0.917 bits per heavy atom. The van der Waals surface area contributed by atoms with Crippen LogP contribution in [-0.4, -0.2) is 5.09 Å². The van der Waals surface area contributed by atoms with E-state index in [1.807, 2.05) is 0 Å². The second kappa shape index (κ2) is 12.9. The van der Waals surface area contributed by atoms with Gasteiger partial charge in [0.25, 0.3) is 0 Å². The third kappa shape index (κ3) is 1260. The maximum absolute atomic E-state index is 8.63. The predicted octanol–water partition coefficient (Wildman–Crippen LogP) is -1.73. The molecule has 11 nitrogen and oxygen atoms in total. The van der Waals surface area contributed by atoms with Crippen LogP contribution < -0.4 is 26.0 Å². The summed E-state index contributed by atoms with van der Waals surface area (Å²) in [7, 11) is 0. The molecule has 0 aliphatic heterocycles. The average molecular weight is 276 g/mol. The van der Waals surface area contributed by atoms with Crippen LogP contribution in [0.25, 0.3) is 0 Å². The Labute approximate surface area is 70.6 Å². The van der Waals surface area contributed by atoms with Gasteiger partial charge in [-0.15, -0.1) is 0 Å². The predicted molar refractivity (Wildman–Crippen MR) is 29.7 cm³/mol. The van der Waals surface area contributed by atoms with Crippen molar-refractivity contribution in [2.24, 2.45) is 0 Å². The summed E-state index contributed by atoms with van der Waals surface area (Å²) in [5, 5.41) is 14.8. The first-order valence-electron chi connectivity index (χ1n) is 1.21. The van der Waals surface area contributed by atoms with Crippen LogP contribution >= 0.6 is 0 Å². The van der Waals surface area contributed by atoms with E-state index in [9.17, 15) is 0 Å². The van der Waals surface area contributed by atoms with Crippen molar-refractivity contribution in [2.45, 2.75) is 0 Å². The third-order valence-electron chi connectivity index (χ3n) is 0. The van der Waals surface area contributed by atoms with E-state index in [0.29, 0.717) is 0 Å². The summed E-state index contributed by atoms with van der Waals surface area (Å²) in [6, 6.07) is 0. The van der Waals surface area contributed by atoms with Crippen LogP contribution in [0.4, 0.5) is 0 Å². The quantitative estimate of drug-likeness (QED) is 0.261. The molecule has 12 N–H and O–H groups in total. The summed E-state index contributed by atoms with van der Waals surface area (Å²) >= 11 is -6.02. The zero-order valence-corrected chi connectivity index (χ0v) is 8.72. The van der Waals surface area contributed by atoms with Gasteiger partial charge < -0.3 is 33.8 Å². The zero-order valence-electron chi connectivity index (χ0n) is 6.71. The summed E-state index contributed by atoms with van der Waals surface area (Å²) in [5.74, 6) is 0. The molecule has 0 aliphatic rings. The molecule has 80 valence electrons. The van der Waals surface area contributed by atoms with Gasteiger partial charge in [-0.2, -0.15) is 0 Å². The van der Waals surface area contributed by atoms with E-state index < -0.39 is 21.8 Å². The molecule has 0 heterocycles. The number of nitrogens with zero attached hydrogens (tertiary/aromatic N) is 1. The van der Waals surface area contributed by atoms with Gasteiger partial charge in [-0.05, 0) is 0 Å². The fraction of sp³-hybridized carbons (Fsp3) is 0. The van der Waals surface area contributed by atoms with Gasteiger partial charge in [-0.1, -0.05) is 0 Å². The summed E-state index contributed by atoms with van der Waals surface area (Å²) in [6.07, 6.45) is 0. The van der Waals surface area contributed by atoms with Crippen LogP contribution in [0.3, 0.4) is 0 Å². The Kier molecular flexibility index (Phi) is 32.5. The summed E-state index contributed by atoms with van der Waals surface area (Å²) in [5.41, 5.74) is 0. The maximum atomic E-state index is 8.63. The molecule has 0 unspecified atom stereocenters. The van der Waals surface area contributed by atoms with Gasteiger partial charge in [0.2, 0.25) is 0 Å². The average Bonchev–Trinajstić information content (AvgIpc) is 1.19. The Balaban J connectivity index is -0.0000000221. The molecule has 0 fully saturated rings. The van der Waals surface area contributed by atoms with Crippen molar-refractivity contribution in [3.05, 3.63) is 15.3 Å². The van der Waals surface area contributed by atoms with Crippen LogP contribution in [0.5, 0.6) is 0 Å². The van der Waals surface area contributed by atoms with Crippen molar-refractivity contribution in [1.29, 1.82) is 0 Å². The first-order valence-corrected chi connectivity index (χ1v) is 4.49. The van der Waals surface area contributed by atoms with E-state index in [2.05, 4.69) is 0 Å². The fourth-order valence-corrected chi connectivity index (χ4v) is 0. The Morgan fingerprint density at radius 1 is 0.917 bits per heavy atom. The molecule has 0 rings (SSSR count). The molecule has 0 saturated carbocycles. The third-order valence-corrected chi connectivity index (χ3v) is 0. The van der Waals surface area contributed by atoms with Crippen molar-refractivity contribution < 1.29 is 36.1 Å². The van der Waals surface area contributed by atoms with E-state index in [0.717, 1.165) is 0 Å². The van der Waals surface area contributed by atoms with Crippen molar-refractivity contribution in [1.82, 2.24) is 18.5 Å². The minimum absolute atomic E-state index is 0. The molecule has 12 heteroatoms. The van der Waals surface area contributed by atoms with Crippen LogP contribution in [-0.2, 0) is 23.5 Å². The van der Waals surface area contributed by atoms with Crippen LogP contribution in [0, 0.1) is 15.3 Å². The van der Waals surface area contributed by atoms with Gasteiger partial charge in [-0.3, -0.25) is 0 Å². The molecule has 0 aliphatic carbocycles. The Bertz CT molecular complexity index is 158. The van der Waals surface area contributed by atoms with Crippen LogP contribution in [0.2, 0.25) is 0 Å². The topological polar surface area (TPSA) is 256 Å². The number of hydrogen-bond acceptors (Lipinski definition) is 7. The molecule has 0 aromatic carbocycles. The fourth-order valence-electron chi connectivity index (χ4n) is 0.